The van der Waals surface area contributed by atoms with Crippen molar-refractivity contribution in [3.8, 4) is 11.1 Å². The molecule has 0 atom stereocenters. The van der Waals surface area contributed by atoms with E-state index in [1.54, 1.807) is 31.4 Å². The van der Waals surface area contributed by atoms with Crippen LogP contribution < -0.4 is 0 Å². The highest BCUT2D eigenvalue weighted by atomic mass is 19.4. The quantitative estimate of drug-likeness (QED) is 0.598. The Labute approximate surface area is 167 Å². The van der Waals surface area contributed by atoms with Gasteiger partial charge in [0.1, 0.15) is 0 Å². The van der Waals surface area contributed by atoms with Crippen LogP contribution in [0.2, 0.25) is 0 Å². The van der Waals surface area contributed by atoms with Gasteiger partial charge in [0.2, 0.25) is 0 Å². The molecule has 4 nitrogen and oxygen atoms in total. The third-order valence-corrected chi connectivity index (χ3v) is 4.71. The predicted octanol–water partition coefficient (Wildman–Crippen LogP) is 5.29. The van der Waals surface area contributed by atoms with E-state index < -0.39 is 11.7 Å². The van der Waals surface area contributed by atoms with Crippen molar-refractivity contribution in [3.63, 3.8) is 0 Å². The highest BCUT2D eigenvalue weighted by Crippen LogP contribution is 2.36. The van der Waals surface area contributed by atoms with Crippen molar-refractivity contribution in [2.45, 2.75) is 33.1 Å². The first-order valence-corrected chi connectivity index (χ1v) is 9.39. The summed E-state index contributed by atoms with van der Waals surface area (Å²) in [6.07, 6.45) is -1.32. The van der Waals surface area contributed by atoms with E-state index in [0.29, 0.717) is 23.2 Å². The second-order valence-electron chi connectivity index (χ2n) is 6.59. The smallest absolute Gasteiger partial charge is 0.330 e. The average molecular weight is 401 g/mol. The van der Waals surface area contributed by atoms with Gasteiger partial charge in [-0.2, -0.15) is 18.3 Å². The molecule has 0 saturated heterocycles. The molecule has 0 fully saturated rings. The van der Waals surface area contributed by atoms with E-state index in [9.17, 15) is 18.0 Å². The molecule has 0 unspecified atom stereocenters. The summed E-state index contributed by atoms with van der Waals surface area (Å²) in [4.78, 5) is 13.9. The molecule has 1 amide bonds. The Bertz CT molecular complexity index is 1020. The minimum atomic E-state index is -4.51. The highest BCUT2D eigenvalue weighted by Gasteiger charge is 2.35. The molecule has 1 aliphatic heterocycles. The van der Waals surface area contributed by atoms with Crippen molar-refractivity contribution >= 4 is 5.91 Å². The molecule has 3 aromatic rings. The maximum absolute atomic E-state index is 13.7. The van der Waals surface area contributed by atoms with Crippen LogP contribution in [0.1, 0.15) is 40.9 Å². The van der Waals surface area contributed by atoms with Gasteiger partial charge in [0.15, 0.2) is 0 Å². The van der Waals surface area contributed by atoms with Crippen LogP contribution in [0.5, 0.6) is 0 Å². The molecule has 1 aromatic heterocycles. The van der Waals surface area contributed by atoms with Crippen LogP contribution >= 0.6 is 0 Å². The number of hydrogen-bond acceptors (Lipinski definition) is 2. The van der Waals surface area contributed by atoms with Gasteiger partial charge in [0.25, 0.3) is 5.91 Å². The summed E-state index contributed by atoms with van der Waals surface area (Å²) in [6, 6.07) is 11.3. The third kappa shape index (κ3) is 4.18. The fourth-order valence-electron chi connectivity index (χ4n) is 3.38. The minimum Gasteiger partial charge on any atom is -0.330 e. The highest BCUT2D eigenvalue weighted by molar-refractivity contribution is 5.98. The molecule has 2 aromatic carbocycles. The van der Waals surface area contributed by atoms with Crippen molar-refractivity contribution < 1.29 is 18.0 Å². The van der Waals surface area contributed by atoms with E-state index in [1.807, 2.05) is 26.0 Å². The van der Waals surface area contributed by atoms with Crippen LogP contribution in [-0.4, -0.2) is 20.6 Å². The number of benzene rings is 2. The van der Waals surface area contributed by atoms with Crippen molar-refractivity contribution in [2.75, 3.05) is 0 Å². The average Bonchev–Trinajstić information content (AvgIpc) is 3.27. The lowest BCUT2D eigenvalue weighted by molar-refractivity contribution is -0.138. The molecule has 1 aliphatic rings. The number of halogens is 3. The number of amides is 1. The van der Waals surface area contributed by atoms with Crippen LogP contribution in [0.15, 0.2) is 54.9 Å². The number of alkyl halides is 3. The lowest BCUT2D eigenvalue weighted by Crippen LogP contribution is -2.25. The van der Waals surface area contributed by atoms with E-state index in [2.05, 4.69) is 5.10 Å². The van der Waals surface area contributed by atoms with Crippen molar-refractivity contribution in [2.24, 2.45) is 7.05 Å². The van der Waals surface area contributed by atoms with E-state index in [0.717, 1.165) is 11.6 Å². The molecule has 0 radical (unpaired) electrons. The molecule has 7 heteroatoms. The van der Waals surface area contributed by atoms with E-state index in [1.165, 1.54) is 21.8 Å². The summed E-state index contributed by atoms with van der Waals surface area (Å²) in [5.41, 5.74) is 1.79. The van der Waals surface area contributed by atoms with Crippen LogP contribution in [0.25, 0.3) is 11.1 Å². The summed E-state index contributed by atoms with van der Waals surface area (Å²) in [5.74, 6) is -0.241. The van der Waals surface area contributed by atoms with Crippen LogP contribution in [0, 0.1) is 0 Å². The van der Waals surface area contributed by atoms with Crippen molar-refractivity contribution in [1.29, 1.82) is 0 Å². The predicted molar refractivity (Wildman–Crippen MR) is 105 cm³/mol. The normalized spacial score (nSPS) is 13.2. The maximum Gasteiger partial charge on any atom is 0.416 e. The third-order valence-electron chi connectivity index (χ3n) is 4.71. The number of aromatic nitrogens is 2. The van der Waals surface area contributed by atoms with Gasteiger partial charge in [0.05, 0.1) is 11.8 Å². The molecule has 0 bridgehead atoms. The van der Waals surface area contributed by atoms with Crippen molar-refractivity contribution in [3.05, 3.63) is 77.1 Å². The van der Waals surface area contributed by atoms with E-state index in [-0.39, 0.29) is 18.0 Å². The number of hydrogen-bond donors (Lipinski definition) is 0. The Kier molecular flexibility index (Phi) is 5.77. The van der Waals surface area contributed by atoms with Gasteiger partial charge in [-0.15, -0.1) is 0 Å². The first-order valence-electron chi connectivity index (χ1n) is 9.39. The van der Waals surface area contributed by atoms with Crippen molar-refractivity contribution in [1.82, 2.24) is 14.7 Å². The minimum absolute atomic E-state index is 0.0799. The molecule has 0 aliphatic carbocycles. The van der Waals surface area contributed by atoms with Crippen LogP contribution in [0.3, 0.4) is 0 Å². The zero-order chi connectivity index (χ0) is 21.2. The van der Waals surface area contributed by atoms with Gasteiger partial charge in [-0.25, -0.2) is 0 Å². The number of carbonyl (C=O) groups excluding carboxylic acids is 1. The van der Waals surface area contributed by atoms with Crippen LogP contribution in [-0.2, 0) is 26.3 Å². The Morgan fingerprint density at radius 2 is 1.79 bits per heavy atom. The summed E-state index contributed by atoms with van der Waals surface area (Å²) in [7, 11) is 1.71. The molecule has 0 N–H and O–H groups in total. The number of rotatable bonds is 3. The Morgan fingerprint density at radius 3 is 2.41 bits per heavy atom. The molecule has 29 heavy (non-hydrogen) atoms. The number of carbonyl (C=O) groups is 1. The summed E-state index contributed by atoms with van der Waals surface area (Å²) < 4.78 is 42.5. The lowest BCUT2D eigenvalue weighted by atomic mass is 10.00. The molecular formula is C22H22F3N3O. The number of aryl methyl sites for hydroxylation is 1. The molecule has 4 rings (SSSR count). The molecule has 2 heterocycles. The first-order chi connectivity index (χ1) is 13.8. The summed E-state index contributed by atoms with van der Waals surface area (Å²) >= 11 is 0. The summed E-state index contributed by atoms with van der Waals surface area (Å²) in [6.45, 7) is 4.23. The Morgan fingerprint density at radius 1 is 1.07 bits per heavy atom. The van der Waals surface area contributed by atoms with Gasteiger partial charge in [-0.3, -0.25) is 9.48 Å². The van der Waals surface area contributed by atoms with Gasteiger partial charge in [-0.1, -0.05) is 44.2 Å². The van der Waals surface area contributed by atoms with Gasteiger partial charge in [0, 0.05) is 37.5 Å². The zero-order valence-corrected chi connectivity index (χ0v) is 16.5. The molecule has 0 saturated carbocycles. The Balaban J connectivity index is 0.00000117. The largest absolute Gasteiger partial charge is 0.416 e. The number of nitrogens with zero attached hydrogens (tertiary/aromatic N) is 3. The molecule has 152 valence electrons. The Hall–Kier alpha value is -3.09. The SMILES string of the molecule is CC.Cn1cc(-c2ccc(CN3Cc4ccccc4C3=O)c(C(F)(F)F)c2)cn1. The van der Waals surface area contributed by atoms with Gasteiger partial charge >= 0.3 is 6.18 Å². The zero-order valence-electron chi connectivity index (χ0n) is 16.5. The van der Waals surface area contributed by atoms with Crippen LogP contribution in [0.4, 0.5) is 13.2 Å². The second kappa shape index (κ2) is 8.11. The molecule has 0 spiro atoms. The van der Waals surface area contributed by atoms with E-state index in [4.69, 9.17) is 0 Å². The summed E-state index contributed by atoms with van der Waals surface area (Å²) in [5, 5.41) is 4.01. The monoisotopic (exact) mass is 401 g/mol. The molecular weight excluding hydrogens is 379 g/mol. The second-order valence-corrected chi connectivity index (χ2v) is 6.59. The fourth-order valence-corrected chi connectivity index (χ4v) is 3.38. The maximum atomic E-state index is 13.7. The first kappa shape index (κ1) is 20.6. The van der Waals surface area contributed by atoms with E-state index >= 15 is 0 Å². The van der Waals surface area contributed by atoms with Gasteiger partial charge < -0.3 is 4.90 Å². The van der Waals surface area contributed by atoms with Gasteiger partial charge in [-0.05, 0) is 28.8 Å². The fraction of sp³-hybridized carbons (Fsp3) is 0.273. The topological polar surface area (TPSA) is 38.1 Å². The standard InChI is InChI=1S/C20H16F3N3O.C2H6/c1-25-10-16(9-24-25)13-6-7-15(18(8-13)20(21,22)23)12-26-11-14-4-2-3-5-17(14)19(26)27;1-2/h2-10H,11-12H2,1H3;1-2H3. The lowest BCUT2D eigenvalue weighted by Gasteiger charge is -2.20. The number of fused-ring (bicyclic) bond motifs is 1.